The van der Waals surface area contributed by atoms with E-state index < -0.39 is 36.0 Å². The fraction of sp³-hybridized carbons (Fsp3) is 0.760. The Balaban J connectivity index is 1.59. The third-order valence-corrected chi connectivity index (χ3v) is 8.85. The van der Waals surface area contributed by atoms with Gasteiger partial charge < -0.3 is 29.5 Å². The Bertz CT molecular complexity index is 849. The normalized spacial score (nSPS) is 43.3. The van der Waals surface area contributed by atoms with Crippen molar-refractivity contribution in [2.24, 2.45) is 22.7 Å². The van der Waals surface area contributed by atoms with Crippen molar-refractivity contribution in [3.05, 3.63) is 23.3 Å². The average Bonchev–Trinajstić information content (AvgIpc) is 3.21. The highest BCUT2D eigenvalue weighted by Gasteiger charge is 2.60. The van der Waals surface area contributed by atoms with E-state index in [-0.39, 0.29) is 23.9 Å². The van der Waals surface area contributed by atoms with Gasteiger partial charge in [-0.1, -0.05) is 25.5 Å². The van der Waals surface area contributed by atoms with Crippen LogP contribution < -0.4 is 0 Å². The summed E-state index contributed by atoms with van der Waals surface area (Å²) in [5.41, 5.74) is 0.967. The Morgan fingerprint density at radius 3 is 2.70 bits per heavy atom. The van der Waals surface area contributed by atoms with Gasteiger partial charge in [0.2, 0.25) is 6.29 Å². The molecule has 1 saturated heterocycles. The van der Waals surface area contributed by atoms with Gasteiger partial charge in [0.15, 0.2) is 0 Å². The molecule has 0 aromatic heterocycles. The van der Waals surface area contributed by atoms with Crippen LogP contribution in [0, 0.1) is 22.7 Å². The molecule has 8 heteroatoms. The quantitative estimate of drug-likeness (QED) is 0.417. The summed E-state index contributed by atoms with van der Waals surface area (Å²) in [6, 6.07) is 0. The fourth-order valence-electron chi connectivity index (χ4n) is 6.46. The van der Waals surface area contributed by atoms with Crippen molar-refractivity contribution >= 4 is 11.9 Å². The molecular formula is C25H36O8. The van der Waals surface area contributed by atoms with Gasteiger partial charge in [0.05, 0.1) is 12.0 Å². The molecule has 8 nitrogen and oxygen atoms in total. The predicted octanol–water partition coefficient (Wildman–Crippen LogP) is 2.01. The Hall–Kier alpha value is -1.74. The zero-order chi connectivity index (χ0) is 24.0. The summed E-state index contributed by atoms with van der Waals surface area (Å²) < 4.78 is 16.1. The number of hydrogen-bond donors (Lipinski definition) is 3. The number of esters is 2. The summed E-state index contributed by atoms with van der Waals surface area (Å²) in [5, 5.41) is 30.0. The number of ether oxygens (including phenoxy) is 3. The number of hydrogen-bond acceptors (Lipinski definition) is 8. The minimum absolute atomic E-state index is 0.0288. The summed E-state index contributed by atoms with van der Waals surface area (Å²) in [5.74, 6) is -0.326. The van der Waals surface area contributed by atoms with Crippen LogP contribution in [-0.4, -0.2) is 65.1 Å². The van der Waals surface area contributed by atoms with Gasteiger partial charge in [-0.2, -0.15) is 0 Å². The van der Waals surface area contributed by atoms with Crippen LogP contribution >= 0.6 is 0 Å². The summed E-state index contributed by atoms with van der Waals surface area (Å²) in [7, 11) is 0. The first-order valence-electron chi connectivity index (χ1n) is 12.0. The molecular weight excluding hydrogens is 428 g/mol. The van der Waals surface area contributed by atoms with Crippen LogP contribution in [0.2, 0.25) is 0 Å². The molecule has 0 aromatic rings. The Labute approximate surface area is 194 Å². The van der Waals surface area contributed by atoms with Crippen LogP contribution in [-0.2, 0) is 23.8 Å². The first-order valence-corrected chi connectivity index (χ1v) is 12.0. The zero-order valence-corrected chi connectivity index (χ0v) is 19.7. The summed E-state index contributed by atoms with van der Waals surface area (Å²) in [6.07, 6.45) is 2.98. The third-order valence-electron chi connectivity index (χ3n) is 8.85. The van der Waals surface area contributed by atoms with Crippen molar-refractivity contribution in [1.82, 2.24) is 0 Å². The highest BCUT2D eigenvalue weighted by atomic mass is 16.7. The van der Waals surface area contributed by atoms with Crippen LogP contribution in [0.1, 0.15) is 59.3 Å². The second kappa shape index (κ2) is 9.13. The van der Waals surface area contributed by atoms with Gasteiger partial charge in [-0.15, -0.1) is 0 Å². The van der Waals surface area contributed by atoms with E-state index in [1.807, 2.05) is 6.92 Å². The maximum Gasteiger partial charge on any atom is 0.331 e. The van der Waals surface area contributed by atoms with Crippen molar-refractivity contribution in [2.45, 2.75) is 83.9 Å². The van der Waals surface area contributed by atoms with E-state index in [1.54, 1.807) is 6.08 Å². The Morgan fingerprint density at radius 1 is 1.24 bits per heavy atom. The summed E-state index contributed by atoms with van der Waals surface area (Å²) in [4.78, 5) is 25.3. The molecule has 8 atom stereocenters. The fourth-order valence-corrected chi connectivity index (χ4v) is 6.46. The highest BCUT2D eigenvalue weighted by molar-refractivity contribution is 5.85. The van der Waals surface area contributed by atoms with Crippen molar-refractivity contribution in [3.63, 3.8) is 0 Å². The van der Waals surface area contributed by atoms with E-state index in [0.29, 0.717) is 18.9 Å². The maximum absolute atomic E-state index is 13.8. The molecule has 0 spiro atoms. The molecule has 2 heterocycles. The molecule has 1 saturated carbocycles. The number of aliphatic hydroxyl groups excluding tert-OH is 3. The lowest BCUT2D eigenvalue weighted by Gasteiger charge is -2.57. The van der Waals surface area contributed by atoms with Crippen LogP contribution in [0.5, 0.6) is 0 Å². The molecule has 8 unspecified atom stereocenters. The number of rotatable bonds is 5. The van der Waals surface area contributed by atoms with Crippen molar-refractivity contribution in [3.8, 4) is 0 Å². The van der Waals surface area contributed by atoms with Crippen LogP contribution in [0.15, 0.2) is 23.3 Å². The number of cyclic esters (lactones) is 1. The largest absolute Gasteiger partial charge is 0.458 e. The third kappa shape index (κ3) is 4.16. The van der Waals surface area contributed by atoms with E-state index in [1.165, 1.54) is 0 Å². The van der Waals surface area contributed by atoms with Gasteiger partial charge >= 0.3 is 11.9 Å². The van der Waals surface area contributed by atoms with Crippen molar-refractivity contribution < 1.29 is 39.1 Å². The van der Waals surface area contributed by atoms with E-state index in [0.717, 1.165) is 43.3 Å². The average molecular weight is 465 g/mol. The standard InChI is InChI=1S/C25H36O8/c1-14-7-10-25(23(30)33-22-21(29)20(28)17(26)13-32-22)15(2)5-4-6-18(25)24(14,3)9-8-16-11-19(27)31-12-16/h5,11,14,17-18,20-22,26,28-29H,4,6-10,12-13H2,1-3H3. The Morgan fingerprint density at radius 2 is 2.00 bits per heavy atom. The summed E-state index contributed by atoms with van der Waals surface area (Å²) >= 11 is 0. The minimum atomic E-state index is -1.51. The smallest absolute Gasteiger partial charge is 0.331 e. The van der Waals surface area contributed by atoms with Crippen molar-refractivity contribution in [1.29, 1.82) is 0 Å². The maximum atomic E-state index is 13.8. The molecule has 2 fully saturated rings. The molecule has 0 amide bonds. The zero-order valence-electron chi connectivity index (χ0n) is 19.7. The van der Waals surface area contributed by atoms with E-state index in [9.17, 15) is 24.9 Å². The van der Waals surface area contributed by atoms with Gasteiger partial charge in [0.1, 0.15) is 24.9 Å². The van der Waals surface area contributed by atoms with E-state index in [4.69, 9.17) is 14.2 Å². The number of allylic oxidation sites excluding steroid dienone is 1. The molecule has 33 heavy (non-hydrogen) atoms. The Kier molecular flexibility index (Phi) is 6.75. The molecule has 0 radical (unpaired) electrons. The summed E-state index contributed by atoms with van der Waals surface area (Å²) in [6.45, 7) is 6.58. The van der Waals surface area contributed by atoms with Crippen molar-refractivity contribution in [2.75, 3.05) is 13.2 Å². The SMILES string of the molecule is CC1=CCCC2C1(C(=O)OC1OCC(O)C(O)C1O)CCC(C)C2(C)CCC1=CC(=O)OC1. The number of fused-ring (bicyclic) bond motifs is 1. The molecule has 2 aliphatic heterocycles. The van der Waals surface area contributed by atoms with Crippen LogP contribution in [0.3, 0.4) is 0 Å². The second-order valence-corrected chi connectivity index (χ2v) is 10.5. The van der Waals surface area contributed by atoms with Crippen LogP contribution in [0.25, 0.3) is 0 Å². The molecule has 0 aromatic carbocycles. The van der Waals surface area contributed by atoms with Gasteiger partial charge in [0, 0.05) is 6.08 Å². The molecule has 2 aliphatic carbocycles. The van der Waals surface area contributed by atoms with Gasteiger partial charge in [-0.25, -0.2) is 4.79 Å². The van der Waals surface area contributed by atoms with Gasteiger partial charge in [0.25, 0.3) is 0 Å². The monoisotopic (exact) mass is 464 g/mol. The number of aliphatic hydroxyl groups is 3. The van der Waals surface area contributed by atoms with E-state index in [2.05, 4.69) is 19.9 Å². The lowest BCUT2D eigenvalue weighted by Crippen LogP contribution is -2.58. The minimum Gasteiger partial charge on any atom is -0.458 e. The molecule has 0 bridgehead atoms. The first-order chi connectivity index (χ1) is 15.6. The molecule has 184 valence electrons. The van der Waals surface area contributed by atoms with Crippen LogP contribution in [0.4, 0.5) is 0 Å². The molecule has 4 aliphatic rings. The number of carbonyl (C=O) groups is 2. The lowest BCUT2D eigenvalue weighted by molar-refractivity contribution is -0.269. The predicted molar refractivity (Wildman–Crippen MR) is 118 cm³/mol. The van der Waals surface area contributed by atoms with E-state index >= 15 is 0 Å². The van der Waals surface area contributed by atoms with Gasteiger partial charge in [-0.3, -0.25) is 4.79 Å². The molecule has 3 N–H and O–H groups in total. The topological polar surface area (TPSA) is 123 Å². The highest BCUT2D eigenvalue weighted by Crippen LogP contribution is 2.62. The molecule has 4 rings (SSSR count). The number of carbonyl (C=O) groups excluding carboxylic acids is 2. The first kappa shape index (κ1) is 24.4. The van der Waals surface area contributed by atoms with Gasteiger partial charge in [-0.05, 0) is 68.3 Å². The second-order valence-electron chi connectivity index (χ2n) is 10.5. The lowest BCUT2D eigenvalue weighted by atomic mass is 9.46.